The molecule has 19 heavy (non-hydrogen) atoms. The van der Waals surface area contributed by atoms with E-state index in [0.29, 0.717) is 5.69 Å². The molecule has 0 spiro atoms. The molecule has 0 amide bonds. The van der Waals surface area contributed by atoms with Crippen molar-refractivity contribution >= 4 is 0 Å². The Bertz CT molecular complexity index is 651. The SMILES string of the molecule is Cc1cc(C)cc(-n2cc(C(F)(F)F)ccc2=O)c1. The van der Waals surface area contributed by atoms with Gasteiger partial charge in [0.1, 0.15) is 0 Å². The second kappa shape index (κ2) is 4.57. The second-order valence-electron chi connectivity index (χ2n) is 4.47. The number of rotatable bonds is 1. The van der Waals surface area contributed by atoms with Gasteiger partial charge in [0, 0.05) is 18.0 Å². The summed E-state index contributed by atoms with van der Waals surface area (Å²) < 4.78 is 39.0. The third-order valence-electron chi connectivity index (χ3n) is 2.72. The topological polar surface area (TPSA) is 22.0 Å². The molecule has 100 valence electrons. The summed E-state index contributed by atoms with van der Waals surface area (Å²) in [6.45, 7) is 3.66. The molecule has 0 aliphatic heterocycles. The van der Waals surface area contributed by atoms with E-state index in [0.717, 1.165) is 34.0 Å². The van der Waals surface area contributed by atoms with Gasteiger partial charge in [0.05, 0.1) is 5.56 Å². The Morgan fingerprint density at radius 1 is 1.00 bits per heavy atom. The molecule has 0 radical (unpaired) electrons. The van der Waals surface area contributed by atoms with Crippen molar-refractivity contribution in [2.24, 2.45) is 0 Å². The molecule has 0 saturated carbocycles. The Balaban J connectivity index is 2.64. The quantitative estimate of drug-likeness (QED) is 0.775. The molecular weight excluding hydrogens is 255 g/mol. The second-order valence-corrected chi connectivity index (χ2v) is 4.47. The highest BCUT2D eigenvalue weighted by molar-refractivity contribution is 5.40. The normalized spacial score (nSPS) is 11.6. The van der Waals surface area contributed by atoms with Gasteiger partial charge in [-0.15, -0.1) is 0 Å². The van der Waals surface area contributed by atoms with Crippen molar-refractivity contribution in [3.8, 4) is 5.69 Å². The summed E-state index contributed by atoms with van der Waals surface area (Å²) in [4.78, 5) is 11.7. The number of halogens is 3. The van der Waals surface area contributed by atoms with Crippen LogP contribution >= 0.6 is 0 Å². The number of alkyl halides is 3. The van der Waals surface area contributed by atoms with Gasteiger partial charge in [0.2, 0.25) is 0 Å². The van der Waals surface area contributed by atoms with Crippen LogP contribution in [-0.4, -0.2) is 4.57 Å². The first-order valence-electron chi connectivity index (χ1n) is 5.66. The summed E-state index contributed by atoms with van der Waals surface area (Å²) in [6, 6.07) is 6.97. The summed E-state index contributed by atoms with van der Waals surface area (Å²) in [5.41, 5.74) is 0.886. The first kappa shape index (κ1) is 13.4. The molecule has 2 rings (SSSR count). The Hall–Kier alpha value is -2.04. The van der Waals surface area contributed by atoms with Crippen LogP contribution < -0.4 is 5.56 Å². The van der Waals surface area contributed by atoms with E-state index in [4.69, 9.17) is 0 Å². The van der Waals surface area contributed by atoms with Crippen LogP contribution in [0.1, 0.15) is 16.7 Å². The van der Waals surface area contributed by atoms with Crippen LogP contribution in [0.15, 0.2) is 41.3 Å². The molecule has 5 heteroatoms. The predicted molar refractivity (Wildman–Crippen MR) is 66.5 cm³/mol. The number of nitrogens with zero attached hydrogens (tertiary/aromatic N) is 1. The summed E-state index contributed by atoms with van der Waals surface area (Å²) in [6.07, 6.45) is -3.63. The van der Waals surface area contributed by atoms with Crippen LogP contribution in [-0.2, 0) is 6.18 Å². The van der Waals surface area contributed by atoms with Gasteiger partial charge < -0.3 is 0 Å². The Morgan fingerprint density at radius 3 is 2.11 bits per heavy atom. The average Bonchev–Trinajstić information content (AvgIpc) is 2.26. The van der Waals surface area contributed by atoms with E-state index in [1.807, 2.05) is 19.9 Å². The van der Waals surface area contributed by atoms with E-state index < -0.39 is 17.3 Å². The molecule has 0 fully saturated rings. The van der Waals surface area contributed by atoms with Crippen molar-refractivity contribution in [1.29, 1.82) is 0 Å². The number of hydrogen-bond acceptors (Lipinski definition) is 1. The number of pyridine rings is 1. The zero-order chi connectivity index (χ0) is 14.2. The molecule has 0 atom stereocenters. The molecule has 1 aromatic heterocycles. The predicted octanol–water partition coefficient (Wildman–Crippen LogP) is 3.47. The molecule has 0 unspecified atom stereocenters. The van der Waals surface area contributed by atoms with Gasteiger partial charge in [-0.2, -0.15) is 13.2 Å². The van der Waals surface area contributed by atoms with E-state index in [-0.39, 0.29) is 0 Å². The van der Waals surface area contributed by atoms with Crippen molar-refractivity contribution in [2.45, 2.75) is 20.0 Å². The average molecular weight is 267 g/mol. The molecule has 0 aliphatic rings. The number of hydrogen-bond donors (Lipinski definition) is 0. The Morgan fingerprint density at radius 2 is 1.58 bits per heavy atom. The number of benzene rings is 1. The highest BCUT2D eigenvalue weighted by Crippen LogP contribution is 2.28. The minimum absolute atomic E-state index is 0.439. The van der Waals surface area contributed by atoms with Crippen molar-refractivity contribution in [3.05, 3.63) is 63.6 Å². The molecule has 2 nitrogen and oxygen atoms in total. The summed E-state index contributed by atoms with van der Waals surface area (Å²) in [5.74, 6) is 0. The minimum atomic E-state index is -4.46. The molecule has 0 N–H and O–H groups in total. The molecule has 1 aromatic carbocycles. The maximum atomic E-state index is 12.7. The third kappa shape index (κ3) is 2.86. The van der Waals surface area contributed by atoms with E-state index in [1.165, 1.54) is 0 Å². The largest absolute Gasteiger partial charge is 0.417 e. The Labute approximate surface area is 108 Å². The van der Waals surface area contributed by atoms with Gasteiger partial charge in [0.25, 0.3) is 5.56 Å². The van der Waals surface area contributed by atoms with E-state index >= 15 is 0 Å². The Kier molecular flexibility index (Phi) is 3.22. The standard InChI is InChI=1S/C14H12F3NO/c1-9-5-10(2)7-12(6-9)18-8-11(14(15,16)17)3-4-13(18)19/h3-8H,1-2H3. The van der Waals surface area contributed by atoms with Gasteiger partial charge in [-0.1, -0.05) is 6.07 Å². The summed E-state index contributed by atoms with van der Waals surface area (Å²) in [5, 5.41) is 0. The fraction of sp³-hybridized carbons (Fsp3) is 0.214. The highest BCUT2D eigenvalue weighted by Gasteiger charge is 2.31. The summed E-state index contributed by atoms with van der Waals surface area (Å²) >= 11 is 0. The van der Waals surface area contributed by atoms with Gasteiger partial charge in [-0.05, 0) is 43.2 Å². The van der Waals surface area contributed by atoms with Crippen molar-refractivity contribution < 1.29 is 13.2 Å². The fourth-order valence-electron chi connectivity index (χ4n) is 1.95. The van der Waals surface area contributed by atoms with Crippen molar-refractivity contribution in [3.63, 3.8) is 0 Å². The zero-order valence-corrected chi connectivity index (χ0v) is 10.5. The van der Waals surface area contributed by atoms with E-state index in [2.05, 4.69) is 0 Å². The van der Waals surface area contributed by atoms with Crippen molar-refractivity contribution in [2.75, 3.05) is 0 Å². The van der Waals surface area contributed by atoms with Crippen LogP contribution in [0.3, 0.4) is 0 Å². The van der Waals surface area contributed by atoms with Gasteiger partial charge in [-0.25, -0.2) is 0 Å². The minimum Gasteiger partial charge on any atom is -0.284 e. The maximum absolute atomic E-state index is 12.7. The van der Waals surface area contributed by atoms with Crippen LogP contribution in [0.5, 0.6) is 0 Å². The smallest absolute Gasteiger partial charge is 0.284 e. The van der Waals surface area contributed by atoms with Crippen LogP contribution in [0.2, 0.25) is 0 Å². The van der Waals surface area contributed by atoms with E-state index in [9.17, 15) is 18.0 Å². The first-order chi connectivity index (χ1) is 8.77. The lowest BCUT2D eigenvalue weighted by Crippen LogP contribution is -2.20. The van der Waals surface area contributed by atoms with E-state index in [1.54, 1.807) is 12.1 Å². The molecule has 0 bridgehead atoms. The monoisotopic (exact) mass is 267 g/mol. The lowest BCUT2D eigenvalue weighted by Gasteiger charge is -2.12. The van der Waals surface area contributed by atoms with Crippen LogP contribution in [0, 0.1) is 13.8 Å². The maximum Gasteiger partial charge on any atom is 0.417 e. The highest BCUT2D eigenvalue weighted by atomic mass is 19.4. The van der Waals surface area contributed by atoms with Gasteiger partial charge >= 0.3 is 6.18 Å². The summed E-state index contributed by atoms with van der Waals surface area (Å²) in [7, 11) is 0. The lowest BCUT2D eigenvalue weighted by atomic mass is 10.1. The van der Waals surface area contributed by atoms with Gasteiger partial charge in [0.15, 0.2) is 0 Å². The number of aromatic nitrogens is 1. The fourth-order valence-corrected chi connectivity index (χ4v) is 1.95. The molecular formula is C14H12F3NO. The van der Waals surface area contributed by atoms with Gasteiger partial charge in [-0.3, -0.25) is 9.36 Å². The zero-order valence-electron chi connectivity index (χ0n) is 10.5. The third-order valence-corrected chi connectivity index (χ3v) is 2.72. The van der Waals surface area contributed by atoms with Crippen LogP contribution in [0.4, 0.5) is 13.2 Å². The lowest BCUT2D eigenvalue weighted by molar-refractivity contribution is -0.138. The molecule has 0 aliphatic carbocycles. The molecule has 0 saturated heterocycles. The first-order valence-corrected chi connectivity index (χ1v) is 5.66. The molecule has 2 aromatic rings. The van der Waals surface area contributed by atoms with Crippen molar-refractivity contribution in [1.82, 2.24) is 4.57 Å². The molecule has 1 heterocycles. The van der Waals surface area contributed by atoms with Crippen LogP contribution in [0.25, 0.3) is 5.69 Å². The number of aryl methyl sites for hydroxylation is 2.